The molecule has 43 heavy (non-hydrogen) atoms. The topological polar surface area (TPSA) is 79.0 Å². The molecule has 15 heteroatoms. The molecule has 3 aromatic carbocycles. The van der Waals surface area contributed by atoms with Gasteiger partial charge in [0.15, 0.2) is 18.2 Å². The van der Waals surface area contributed by atoms with Gasteiger partial charge in [-0.2, -0.15) is 30.7 Å². The van der Waals surface area contributed by atoms with Crippen molar-refractivity contribution < 1.29 is 54.2 Å². The van der Waals surface area contributed by atoms with E-state index in [0.29, 0.717) is 11.6 Å². The highest BCUT2D eigenvalue weighted by Gasteiger charge is 2.41. The van der Waals surface area contributed by atoms with Crippen LogP contribution in [0.5, 0.6) is 5.75 Å². The van der Waals surface area contributed by atoms with Gasteiger partial charge in [-0.1, -0.05) is 18.2 Å². The van der Waals surface area contributed by atoms with Crippen molar-refractivity contribution >= 4 is 23.4 Å². The predicted molar refractivity (Wildman–Crippen MR) is 134 cm³/mol. The monoisotopic (exact) mass is 613 g/mol. The first-order valence-electron chi connectivity index (χ1n) is 12.5. The van der Waals surface area contributed by atoms with Gasteiger partial charge in [-0.15, -0.1) is 0 Å². The molecule has 0 saturated carbocycles. The van der Waals surface area contributed by atoms with Crippen molar-refractivity contribution in [2.45, 2.75) is 18.4 Å². The van der Waals surface area contributed by atoms with E-state index in [1.165, 1.54) is 35.2 Å². The molecule has 0 unspecified atom stereocenters. The number of hydrogen-bond donors (Lipinski definition) is 1. The van der Waals surface area contributed by atoms with E-state index in [2.05, 4.69) is 5.32 Å². The minimum Gasteiger partial charge on any atom is -0.481 e. The molecule has 5 rings (SSSR count). The molecule has 1 N–H and O–H groups in total. The molecular weight excluding hydrogens is 594 g/mol. The van der Waals surface area contributed by atoms with Crippen molar-refractivity contribution in [3.8, 4) is 16.9 Å². The van der Waals surface area contributed by atoms with Crippen LogP contribution in [0.25, 0.3) is 11.1 Å². The first-order chi connectivity index (χ1) is 20.1. The van der Waals surface area contributed by atoms with Gasteiger partial charge in [0.1, 0.15) is 6.04 Å². The maximum absolute atomic E-state index is 14.1. The number of piperazine rings is 1. The van der Waals surface area contributed by atoms with E-state index in [-0.39, 0.29) is 42.5 Å². The molecule has 2 aliphatic heterocycles. The highest BCUT2D eigenvalue weighted by atomic mass is 19.4. The normalized spacial score (nSPS) is 17.2. The molecule has 1 saturated heterocycles. The fraction of sp³-hybridized carbons (Fsp3) is 0.250. The number of fused-ring (bicyclic) bond motifs is 2. The summed E-state index contributed by atoms with van der Waals surface area (Å²) in [6.45, 7) is -1.47. The summed E-state index contributed by atoms with van der Waals surface area (Å²) in [5.41, 5.74) is -2.10. The summed E-state index contributed by atoms with van der Waals surface area (Å²) in [5.74, 6) is -7.12. The number of nitrogens with zero attached hydrogens (tertiary/aromatic N) is 2. The number of rotatable bonds is 4. The van der Waals surface area contributed by atoms with Gasteiger partial charge >= 0.3 is 12.4 Å². The third-order valence-corrected chi connectivity index (χ3v) is 7.03. The van der Waals surface area contributed by atoms with Crippen LogP contribution in [-0.2, 0) is 21.9 Å². The Morgan fingerprint density at radius 2 is 1.60 bits per heavy atom. The van der Waals surface area contributed by atoms with Crippen molar-refractivity contribution in [2.24, 2.45) is 0 Å². The Morgan fingerprint density at radius 3 is 2.30 bits per heavy atom. The van der Waals surface area contributed by atoms with E-state index < -0.39 is 71.2 Å². The molecule has 1 atom stereocenters. The lowest BCUT2D eigenvalue weighted by atomic mass is 9.99. The van der Waals surface area contributed by atoms with Crippen molar-refractivity contribution in [1.29, 1.82) is 0 Å². The summed E-state index contributed by atoms with van der Waals surface area (Å²) in [4.78, 5) is 41.5. The number of ether oxygens (including phenoxy) is 1. The number of amides is 3. The van der Waals surface area contributed by atoms with Crippen LogP contribution in [-0.4, -0.2) is 59.8 Å². The third kappa shape index (κ3) is 5.83. The molecule has 0 bridgehead atoms. The number of anilines is 1. The van der Waals surface area contributed by atoms with Crippen molar-refractivity contribution in [1.82, 2.24) is 9.80 Å². The lowest BCUT2D eigenvalue weighted by Gasteiger charge is -2.39. The van der Waals surface area contributed by atoms with Crippen LogP contribution >= 0.6 is 0 Å². The van der Waals surface area contributed by atoms with Gasteiger partial charge in [0.05, 0.1) is 28.9 Å². The Morgan fingerprint density at radius 1 is 0.884 bits per heavy atom. The number of carbonyl (C=O) groups excluding carboxylic acids is 3. The Kier molecular flexibility index (Phi) is 7.52. The largest absolute Gasteiger partial charge is 0.481 e. The highest BCUT2D eigenvalue weighted by molar-refractivity contribution is 6.10. The number of hydrogen-bond acceptors (Lipinski definition) is 4. The van der Waals surface area contributed by atoms with Gasteiger partial charge in [-0.3, -0.25) is 14.4 Å². The molecule has 0 aliphatic carbocycles. The second-order valence-electron chi connectivity index (χ2n) is 9.71. The molecule has 3 aromatic rings. The lowest BCUT2D eigenvalue weighted by Crippen LogP contribution is -2.60. The van der Waals surface area contributed by atoms with E-state index in [1.807, 2.05) is 0 Å². The smallest absolute Gasteiger partial charge is 0.419 e. The van der Waals surface area contributed by atoms with E-state index in [0.717, 1.165) is 17.0 Å². The fourth-order valence-electron chi connectivity index (χ4n) is 4.83. The van der Waals surface area contributed by atoms with Gasteiger partial charge < -0.3 is 19.9 Å². The number of carbonyl (C=O) groups is 3. The van der Waals surface area contributed by atoms with E-state index in [4.69, 9.17) is 4.74 Å². The second kappa shape index (κ2) is 10.9. The van der Waals surface area contributed by atoms with E-state index in [9.17, 15) is 49.5 Å². The molecular formula is C28H19F8N3O4. The standard InChI is InChI=1S/C28H19F8N3O4/c29-23-18(28(34,35)36)5-7-21(24(23)30)43-13-22(40)38-8-9-39-20(12-38)25(41)37-19-6-4-15(11-17(19)26(39)42)14-2-1-3-16(10-14)27(31,32)33/h1-7,10-11,20H,8-9,12-13H2,(H,37,41)/t20-/m0/s1. The molecule has 0 radical (unpaired) electrons. The van der Waals surface area contributed by atoms with Crippen LogP contribution in [0.15, 0.2) is 54.6 Å². The average Bonchev–Trinajstić information content (AvgIpc) is 3.05. The van der Waals surface area contributed by atoms with Crippen LogP contribution in [0.3, 0.4) is 0 Å². The number of alkyl halides is 6. The predicted octanol–water partition coefficient (Wildman–Crippen LogP) is 5.35. The van der Waals surface area contributed by atoms with Crippen molar-refractivity contribution in [3.05, 3.63) is 82.9 Å². The van der Waals surface area contributed by atoms with Crippen LogP contribution in [0, 0.1) is 11.6 Å². The maximum Gasteiger partial charge on any atom is 0.419 e. The van der Waals surface area contributed by atoms with Gasteiger partial charge in [-0.05, 0) is 47.5 Å². The molecule has 2 heterocycles. The van der Waals surface area contributed by atoms with Crippen LogP contribution < -0.4 is 10.1 Å². The van der Waals surface area contributed by atoms with Gasteiger partial charge in [-0.25, -0.2) is 4.39 Å². The minimum absolute atomic E-state index is 0.0219. The summed E-state index contributed by atoms with van der Waals surface area (Å²) in [7, 11) is 0. The lowest BCUT2D eigenvalue weighted by molar-refractivity contribution is -0.141. The summed E-state index contributed by atoms with van der Waals surface area (Å²) in [6.07, 6.45) is -9.72. The average molecular weight is 613 g/mol. The summed E-state index contributed by atoms with van der Waals surface area (Å²) < 4.78 is 111. The van der Waals surface area contributed by atoms with Crippen LogP contribution in [0.2, 0.25) is 0 Å². The molecule has 0 spiro atoms. The quantitative estimate of drug-likeness (QED) is 0.403. The van der Waals surface area contributed by atoms with E-state index >= 15 is 0 Å². The van der Waals surface area contributed by atoms with Gasteiger partial charge in [0, 0.05) is 13.1 Å². The SMILES string of the molecule is O=C1Nc2ccc(-c3cccc(C(F)(F)F)c3)cc2C(=O)N2CCN(C(=O)COc3ccc(C(F)(F)F)c(F)c3F)C[C@@H]12. The zero-order chi connectivity index (χ0) is 31.3. The summed E-state index contributed by atoms with van der Waals surface area (Å²) >= 11 is 0. The van der Waals surface area contributed by atoms with Gasteiger partial charge in [0.2, 0.25) is 11.7 Å². The fourth-order valence-corrected chi connectivity index (χ4v) is 4.83. The van der Waals surface area contributed by atoms with Crippen molar-refractivity contribution in [3.63, 3.8) is 0 Å². The maximum atomic E-state index is 14.1. The Balaban J connectivity index is 1.30. The molecule has 0 aromatic heterocycles. The van der Waals surface area contributed by atoms with Crippen LogP contribution in [0.4, 0.5) is 40.8 Å². The minimum atomic E-state index is -5.14. The number of benzene rings is 3. The summed E-state index contributed by atoms with van der Waals surface area (Å²) in [5, 5.41) is 2.58. The molecule has 226 valence electrons. The Hall–Kier alpha value is -4.69. The molecule has 2 aliphatic rings. The number of halogens is 8. The third-order valence-electron chi connectivity index (χ3n) is 7.03. The first-order valence-corrected chi connectivity index (χ1v) is 12.5. The van der Waals surface area contributed by atoms with Gasteiger partial charge in [0.25, 0.3) is 11.8 Å². The molecule has 3 amide bonds. The Labute approximate surface area is 237 Å². The zero-order valence-electron chi connectivity index (χ0n) is 21.7. The summed E-state index contributed by atoms with van der Waals surface area (Å²) in [6, 6.07) is 8.32. The van der Waals surface area contributed by atoms with E-state index in [1.54, 1.807) is 0 Å². The molecule has 7 nitrogen and oxygen atoms in total. The molecule has 1 fully saturated rings. The second-order valence-corrected chi connectivity index (χ2v) is 9.71. The Bertz CT molecular complexity index is 1620. The van der Waals surface area contributed by atoms with Crippen LogP contribution in [0.1, 0.15) is 21.5 Å². The first kappa shape index (κ1) is 29.8. The van der Waals surface area contributed by atoms with Crippen molar-refractivity contribution in [2.75, 3.05) is 31.6 Å². The zero-order valence-corrected chi connectivity index (χ0v) is 21.7. The highest BCUT2D eigenvalue weighted by Crippen LogP contribution is 2.36. The number of nitrogens with one attached hydrogen (secondary N) is 1.